The van der Waals surface area contributed by atoms with Gasteiger partial charge in [-0.3, -0.25) is 10.1 Å². The first-order chi connectivity index (χ1) is 14.9. The van der Waals surface area contributed by atoms with Crippen LogP contribution in [-0.2, 0) is 0 Å². The number of thiocarbonyl (C=S) groups is 1. The van der Waals surface area contributed by atoms with E-state index in [1.165, 1.54) is 13.2 Å². The van der Waals surface area contributed by atoms with Crippen LogP contribution in [0.25, 0.3) is 22.6 Å². The molecule has 0 saturated heterocycles. The Labute approximate surface area is 193 Å². The van der Waals surface area contributed by atoms with Gasteiger partial charge in [0.2, 0.25) is 5.89 Å². The van der Waals surface area contributed by atoms with E-state index < -0.39 is 5.91 Å². The van der Waals surface area contributed by atoms with Crippen LogP contribution in [0.3, 0.4) is 0 Å². The maximum absolute atomic E-state index is 12.4. The Morgan fingerprint density at radius 2 is 1.84 bits per heavy atom. The summed E-state index contributed by atoms with van der Waals surface area (Å²) in [5.74, 6) is 0.573. The molecule has 1 heterocycles. The number of amides is 1. The van der Waals surface area contributed by atoms with Gasteiger partial charge in [0.15, 0.2) is 10.7 Å². The molecule has 0 fully saturated rings. The molecular formula is C22H15Cl2N3O3S. The number of anilines is 1. The monoisotopic (exact) mass is 471 g/mol. The third kappa shape index (κ3) is 4.80. The highest BCUT2D eigenvalue weighted by Crippen LogP contribution is 2.27. The average Bonchev–Trinajstić information content (AvgIpc) is 3.17. The Kier molecular flexibility index (Phi) is 6.08. The quantitative estimate of drug-likeness (QED) is 0.358. The molecule has 3 aromatic carbocycles. The van der Waals surface area contributed by atoms with Crippen LogP contribution < -0.4 is 15.4 Å². The molecule has 1 amide bonds. The van der Waals surface area contributed by atoms with Crippen LogP contribution >= 0.6 is 35.4 Å². The number of ether oxygens (including phenoxy) is 1. The summed E-state index contributed by atoms with van der Waals surface area (Å²) >= 11 is 17.3. The SMILES string of the molecule is COc1ccc(C(=O)NC(=S)Nc2ccc3oc(-c4ccc(Cl)cc4)nc3c2)cc1Cl. The van der Waals surface area contributed by atoms with Gasteiger partial charge >= 0.3 is 0 Å². The van der Waals surface area contributed by atoms with E-state index in [0.717, 1.165) is 5.56 Å². The van der Waals surface area contributed by atoms with Gasteiger partial charge in [-0.15, -0.1) is 0 Å². The number of hydrogen-bond donors (Lipinski definition) is 2. The van der Waals surface area contributed by atoms with Crippen molar-refractivity contribution in [3.8, 4) is 17.2 Å². The van der Waals surface area contributed by atoms with Gasteiger partial charge < -0.3 is 14.5 Å². The zero-order valence-corrected chi connectivity index (χ0v) is 18.4. The van der Waals surface area contributed by atoms with Crippen molar-refractivity contribution in [2.24, 2.45) is 0 Å². The van der Waals surface area contributed by atoms with Crippen LogP contribution in [0.4, 0.5) is 5.69 Å². The minimum Gasteiger partial charge on any atom is -0.495 e. The second-order valence-corrected chi connectivity index (χ2v) is 7.72. The van der Waals surface area contributed by atoms with Crippen molar-refractivity contribution >= 4 is 63.2 Å². The molecule has 0 unspecified atom stereocenters. The molecule has 0 saturated carbocycles. The van der Waals surface area contributed by atoms with E-state index in [0.29, 0.717) is 44.0 Å². The Morgan fingerprint density at radius 3 is 2.55 bits per heavy atom. The number of nitrogens with zero attached hydrogens (tertiary/aromatic N) is 1. The zero-order chi connectivity index (χ0) is 22.0. The molecule has 0 atom stereocenters. The van der Waals surface area contributed by atoms with E-state index in [-0.39, 0.29) is 5.11 Å². The highest BCUT2D eigenvalue weighted by atomic mass is 35.5. The number of benzene rings is 3. The van der Waals surface area contributed by atoms with Crippen LogP contribution in [0, 0.1) is 0 Å². The molecule has 0 aliphatic heterocycles. The lowest BCUT2D eigenvalue weighted by molar-refractivity contribution is 0.0977. The smallest absolute Gasteiger partial charge is 0.257 e. The normalized spacial score (nSPS) is 10.7. The van der Waals surface area contributed by atoms with E-state index in [4.69, 9.17) is 44.6 Å². The first-order valence-corrected chi connectivity index (χ1v) is 10.2. The van der Waals surface area contributed by atoms with Crippen molar-refractivity contribution in [3.63, 3.8) is 0 Å². The number of carbonyl (C=O) groups is 1. The van der Waals surface area contributed by atoms with Crippen LogP contribution in [0.2, 0.25) is 10.0 Å². The predicted molar refractivity (Wildman–Crippen MR) is 126 cm³/mol. The van der Waals surface area contributed by atoms with E-state index in [2.05, 4.69) is 15.6 Å². The van der Waals surface area contributed by atoms with Gasteiger partial charge in [0.1, 0.15) is 11.3 Å². The van der Waals surface area contributed by atoms with Crippen LogP contribution in [0.15, 0.2) is 65.1 Å². The standard InChI is InChI=1S/C22H15Cl2N3O3S/c1-29-18-8-4-13(10-16(18)24)20(28)27-22(31)25-15-7-9-19-17(11-15)26-21(30-19)12-2-5-14(23)6-3-12/h2-11H,1H3,(H2,25,27,28,31). The van der Waals surface area contributed by atoms with Gasteiger partial charge in [-0.1, -0.05) is 23.2 Å². The summed E-state index contributed by atoms with van der Waals surface area (Å²) in [6, 6.07) is 17.3. The minimum atomic E-state index is -0.394. The molecule has 0 aliphatic rings. The first-order valence-electron chi connectivity index (χ1n) is 9.05. The number of halogens is 2. The Hall–Kier alpha value is -3.13. The summed E-state index contributed by atoms with van der Waals surface area (Å²) in [4.78, 5) is 16.9. The Morgan fingerprint density at radius 1 is 1.06 bits per heavy atom. The molecule has 0 bridgehead atoms. The molecule has 156 valence electrons. The highest BCUT2D eigenvalue weighted by molar-refractivity contribution is 7.80. The molecular weight excluding hydrogens is 457 g/mol. The van der Waals surface area contributed by atoms with Crippen molar-refractivity contribution in [1.29, 1.82) is 0 Å². The lowest BCUT2D eigenvalue weighted by Crippen LogP contribution is -2.34. The molecule has 2 N–H and O–H groups in total. The number of nitrogens with one attached hydrogen (secondary N) is 2. The summed E-state index contributed by atoms with van der Waals surface area (Å²) in [5.41, 5.74) is 3.09. The van der Waals surface area contributed by atoms with Crippen molar-refractivity contribution in [1.82, 2.24) is 10.3 Å². The van der Waals surface area contributed by atoms with Gasteiger partial charge in [-0.25, -0.2) is 4.98 Å². The van der Waals surface area contributed by atoms with Gasteiger partial charge in [0, 0.05) is 21.8 Å². The molecule has 31 heavy (non-hydrogen) atoms. The second-order valence-electron chi connectivity index (χ2n) is 6.47. The fourth-order valence-electron chi connectivity index (χ4n) is 2.87. The van der Waals surface area contributed by atoms with E-state index in [1.807, 2.05) is 12.1 Å². The van der Waals surface area contributed by atoms with Gasteiger partial charge in [0.25, 0.3) is 5.91 Å². The number of aromatic nitrogens is 1. The summed E-state index contributed by atoms with van der Waals surface area (Å²) in [6.45, 7) is 0. The van der Waals surface area contributed by atoms with Crippen molar-refractivity contribution in [3.05, 3.63) is 76.3 Å². The van der Waals surface area contributed by atoms with Gasteiger partial charge in [-0.05, 0) is 72.9 Å². The summed E-state index contributed by atoms with van der Waals surface area (Å²) in [7, 11) is 1.50. The number of oxazole rings is 1. The van der Waals surface area contributed by atoms with Gasteiger partial charge in [-0.2, -0.15) is 0 Å². The van der Waals surface area contributed by atoms with E-state index in [1.54, 1.807) is 42.5 Å². The molecule has 0 aliphatic carbocycles. The van der Waals surface area contributed by atoms with E-state index in [9.17, 15) is 4.79 Å². The number of rotatable bonds is 4. The van der Waals surface area contributed by atoms with Crippen LogP contribution in [0.1, 0.15) is 10.4 Å². The number of carbonyl (C=O) groups excluding carboxylic acids is 1. The largest absolute Gasteiger partial charge is 0.495 e. The summed E-state index contributed by atoms with van der Waals surface area (Å²) < 4.78 is 10.9. The summed E-state index contributed by atoms with van der Waals surface area (Å²) in [5, 5.41) is 6.70. The molecule has 0 radical (unpaired) electrons. The maximum atomic E-state index is 12.4. The third-order valence-corrected chi connectivity index (χ3v) is 5.13. The number of fused-ring (bicyclic) bond motifs is 1. The van der Waals surface area contributed by atoms with Crippen LogP contribution in [0.5, 0.6) is 5.75 Å². The minimum absolute atomic E-state index is 0.137. The number of hydrogen-bond acceptors (Lipinski definition) is 5. The molecule has 4 rings (SSSR count). The summed E-state index contributed by atoms with van der Waals surface area (Å²) in [6.07, 6.45) is 0. The first kappa shape index (κ1) is 21.1. The number of methoxy groups -OCH3 is 1. The van der Waals surface area contributed by atoms with Crippen molar-refractivity contribution in [2.75, 3.05) is 12.4 Å². The molecule has 1 aromatic heterocycles. The molecule has 0 spiro atoms. The molecule has 9 heteroatoms. The zero-order valence-electron chi connectivity index (χ0n) is 16.1. The fourth-order valence-corrected chi connectivity index (χ4v) is 3.46. The fraction of sp³-hybridized carbons (Fsp3) is 0.0455. The molecule has 4 aromatic rings. The third-order valence-electron chi connectivity index (χ3n) is 4.38. The average molecular weight is 472 g/mol. The van der Waals surface area contributed by atoms with Gasteiger partial charge in [0.05, 0.1) is 12.1 Å². The van der Waals surface area contributed by atoms with Crippen molar-refractivity contribution in [2.45, 2.75) is 0 Å². The second kappa shape index (κ2) is 8.93. The lowest BCUT2D eigenvalue weighted by Gasteiger charge is -2.10. The molecule has 6 nitrogen and oxygen atoms in total. The highest BCUT2D eigenvalue weighted by Gasteiger charge is 2.12. The topological polar surface area (TPSA) is 76.4 Å². The van der Waals surface area contributed by atoms with E-state index >= 15 is 0 Å². The maximum Gasteiger partial charge on any atom is 0.257 e. The van der Waals surface area contributed by atoms with Crippen molar-refractivity contribution < 1.29 is 13.9 Å². The Balaban J connectivity index is 1.46. The lowest BCUT2D eigenvalue weighted by atomic mass is 10.2. The predicted octanol–water partition coefficient (Wildman–Crippen LogP) is 5.94. The van der Waals surface area contributed by atoms with Crippen LogP contribution in [-0.4, -0.2) is 23.1 Å². The Bertz CT molecular complexity index is 1290.